The standard InChI is InChI=1S/C38H24N2/c1-5-13-31-27(9-1)35(25-17-21-39-22-18-25)28-10-2-6-14-32(28)37(31)38-33-15-7-3-11-29(33)36(26-19-23-40-24-20-26)30-12-4-8-16-34(30)38/h1-24H. The van der Waals surface area contributed by atoms with E-state index >= 15 is 0 Å². The van der Waals surface area contributed by atoms with Gasteiger partial charge in [0, 0.05) is 24.8 Å². The molecule has 0 saturated carbocycles. The molecule has 2 nitrogen and oxygen atoms in total. The molecule has 0 fully saturated rings. The minimum absolute atomic E-state index is 1.18. The summed E-state index contributed by atoms with van der Waals surface area (Å²) in [6, 6.07) is 43.8. The lowest BCUT2D eigenvalue weighted by Crippen LogP contribution is -1.94. The van der Waals surface area contributed by atoms with Gasteiger partial charge in [0.05, 0.1) is 0 Å². The predicted octanol–water partition coefficient (Wildman–Crippen LogP) is 10.1. The lowest BCUT2D eigenvalue weighted by molar-refractivity contribution is 1.33. The maximum Gasteiger partial charge on any atom is 0.0273 e. The van der Waals surface area contributed by atoms with Gasteiger partial charge in [-0.3, -0.25) is 9.97 Å². The maximum absolute atomic E-state index is 4.29. The van der Waals surface area contributed by atoms with Crippen LogP contribution in [0.25, 0.3) is 76.5 Å². The molecule has 0 aliphatic rings. The molecule has 2 heteroatoms. The minimum Gasteiger partial charge on any atom is -0.265 e. The Morgan fingerprint density at radius 2 is 0.475 bits per heavy atom. The number of pyridine rings is 2. The van der Waals surface area contributed by atoms with E-state index in [-0.39, 0.29) is 0 Å². The molecule has 0 N–H and O–H groups in total. The highest BCUT2D eigenvalue weighted by Crippen LogP contribution is 2.49. The smallest absolute Gasteiger partial charge is 0.0273 e. The van der Waals surface area contributed by atoms with Gasteiger partial charge in [0.25, 0.3) is 0 Å². The summed E-state index contributed by atoms with van der Waals surface area (Å²) in [5.74, 6) is 0. The van der Waals surface area contributed by atoms with Crippen LogP contribution in [0.5, 0.6) is 0 Å². The second kappa shape index (κ2) is 9.14. The van der Waals surface area contributed by atoms with Crippen LogP contribution in [0, 0.1) is 0 Å². The van der Waals surface area contributed by atoms with Crippen LogP contribution in [0.2, 0.25) is 0 Å². The second-order valence-corrected chi connectivity index (χ2v) is 10.2. The van der Waals surface area contributed by atoms with Crippen molar-refractivity contribution in [1.82, 2.24) is 9.97 Å². The topological polar surface area (TPSA) is 25.8 Å². The molecule has 0 spiro atoms. The lowest BCUT2D eigenvalue weighted by atomic mass is 9.81. The van der Waals surface area contributed by atoms with Gasteiger partial charge in [0.15, 0.2) is 0 Å². The number of hydrogen-bond donors (Lipinski definition) is 0. The fraction of sp³-hybridized carbons (Fsp3) is 0. The number of hydrogen-bond acceptors (Lipinski definition) is 2. The van der Waals surface area contributed by atoms with E-state index in [1.807, 2.05) is 24.8 Å². The molecule has 0 radical (unpaired) electrons. The third-order valence-corrected chi connectivity index (χ3v) is 8.05. The van der Waals surface area contributed by atoms with Crippen molar-refractivity contribution in [3.8, 4) is 33.4 Å². The molecule has 40 heavy (non-hydrogen) atoms. The molecule has 0 atom stereocenters. The van der Waals surface area contributed by atoms with Crippen molar-refractivity contribution in [2.75, 3.05) is 0 Å². The van der Waals surface area contributed by atoms with Crippen molar-refractivity contribution < 1.29 is 0 Å². The van der Waals surface area contributed by atoms with E-state index in [0.29, 0.717) is 0 Å². The predicted molar refractivity (Wildman–Crippen MR) is 168 cm³/mol. The summed E-state index contributed by atoms with van der Waals surface area (Å²) < 4.78 is 0. The highest BCUT2D eigenvalue weighted by Gasteiger charge is 2.21. The molecule has 6 aromatic carbocycles. The van der Waals surface area contributed by atoms with Crippen LogP contribution in [0.4, 0.5) is 0 Å². The first-order chi connectivity index (χ1) is 19.9. The zero-order valence-corrected chi connectivity index (χ0v) is 21.8. The monoisotopic (exact) mass is 508 g/mol. The van der Waals surface area contributed by atoms with Gasteiger partial charge in [-0.25, -0.2) is 0 Å². The molecule has 8 rings (SSSR count). The van der Waals surface area contributed by atoms with Crippen LogP contribution in [0.15, 0.2) is 146 Å². The molecule has 8 aromatic rings. The molecule has 0 unspecified atom stereocenters. The zero-order chi connectivity index (χ0) is 26.5. The lowest BCUT2D eigenvalue weighted by Gasteiger charge is -2.22. The SMILES string of the molecule is c1ccc2c(-c3c4ccccc4c(-c4ccncc4)c4ccccc34)c3ccccc3c(-c3ccncc3)c2c1. The summed E-state index contributed by atoms with van der Waals surface area (Å²) in [4.78, 5) is 8.59. The van der Waals surface area contributed by atoms with E-state index in [4.69, 9.17) is 0 Å². The first kappa shape index (κ1) is 22.6. The molecular formula is C38H24N2. The quantitative estimate of drug-likeness (QED) is 0.222. The largest absolute Gasteiger partial charge is 0.265 e. The van der Waals surface area contributed by atoms with Crippen molar-refractivity contribution >= 4 is 43.1 Å². The first-order valence-corrected chi connectivity index (χ1v) is 13.6. The van der Waals surface area contributed by atoms with E-state index in [0.717, 1.165) is 0 Å². The van der Waals surface area contributed by atoms with Crippen LogP contribution in [0.1, 0.15) is 0 Å². The molecule has 186 valence electrons. The van der Waals surface area contributed by atoms with Gasteiger partial charge in [0.1, 0.15) is 0 Å². The zero-order valence-electron chi connectivity index (χ0n) is 21.8. The third kappa shape index (κ3) is 3.36. The van der Waals surface area contributed by atoms with Gasteiger partial charge in [0.2, 0.25) is 0 Å². The molecule has 0 amide bonds. The van der Waals surface area contributed by atoms with Crippen LogP contribution in [-0.4, -0.2) is 9.97 Å². The van der Waals surface area contributed by atoms with E-state index in [2.05, 4.69) is 131 Å². The summed E-state index contributed by atoms with van der Waals surface area (Å²) in [5, 5.41) is 9.98. The summed E-state index contributed by atoms with van der Waals surface area (Å²) in [6.45, 7) is 0. The van der Waals surface area contributed by atoms with Gasteiger partial charge in [-0.2, -0.15) is 0 Å². The number of benzene rings is 6. The van der Waals surface area contributed by atoms with Gasteiger partial charge in [-0.15, -0.1) is 0 Å². The van der Waals surface area contributed by atoms with E-state index < -0.39 is 0 Å². The van der Waals surface area contributed by atoms with E-state index in [1.54, 1.807) is 0 Å². The average molecular weight is 509 g/mol. The Morgan fingerprint density at radius 1 is 0.250 bits per heavy atom. The highest BCUT2D eigenvalue weighted by molar-refractivity contribution is 6.29. The molecule has 2 heterocycles. The van der Waals surface area contributed by atoms with Crippen LogP contribution < -0.4 is 0 Å². The van der Waals surface area contributed by atoms with Crippen molar-refractivity contribution in [3.05, 3.63) is 146 Å². The number of aromatic nitrogens is 2. The van der Waals surface area contributed by atoms with Crippen molar-refractivity contribution in [2.45, 2.75) is 0 Å². The maximum atomic E-state index is 4.29. The van der Waals surface area contributed by atoms with Crippen LogP contribution in [-0.2, 0) is 0 Å². The van der Waals surface area contributed by atoms with Gasteiger partial charge < -0.3 is 0 Å². The van der Waals surface area contributed by atoms with Gasteiger partial charge >= 0.3 is 0 Å². The molecule has 0 aliphatic heterocycles. The second-order valence-electron chi connectivity index (χ2n) is 10.2. The fourth-order valence-electron chi connectivity index (χ4n) is 6.45. The molecule has 0 bridgehead atoms. The van der Waals surface area contributed by atoms with Crippen LogP contribution >= 0.6 is 0 Å². The minimum atomic E-state index is 1.18. The average Bonchev–Trinajstić information content (AvgIpc) is 3.03. The Kier molecular flexibility index (Phi) is 5.17. The number of fused-ring (bicyclic) bond motifs is 4. The number of nitrogens with zero attached hydrogens (tertiary/aromatic N) is 2. The Bertz CT molecular complexity index is 1930. The molecule has 0 saturated heterocycles. The van der Waals surface area contributed by atoms with E-state index in [9.17, 15) is 0 Å². The third-order valence-electron chi connectivity index (χ3n) is 8.05. The van der Waals surface area contributed by atoms with Gasteiger partial charge in [-0.1, -0.05) is 97.1 Å². The summed E-state index contributed by atoms with van der Waals surface area (Å²) >= 11 is 0. The summed E-state index contributed by atoms with van der Waals surface area (Å²) in [7, 11) is 0. The van der Waals surface area contributed by atoms with E-state index in [1.165, 1.54) is 76.5 Å². The van der Waals surface area contributed by atoms with Gasteiger partial charge in [-0.05, 0) is 101 Å². The molecule has 0 aliphatic carbocycles. The fourth-order valence-corrected chi connectivity index (χ4v) is 6.45. The number of rotatable bonds is 3. The van der Waals surface area contributed by atoms with Crippen molar-refractivity contribution in [2.24, 2.45) is 0 Å². The first-order valence-electron chi connectivity index (χ1n) is 13.6. The molecular weight excluding hydrogens is 484 g/mol. The summed E-state index contributed by atoms with van der Waals surface area (Å²) in [6.07, 6.45) is 7.52. The Hall–Kier alpha value is -5.34. The Morgan fingerprint density at radius 3 is 0.725 bits per heavy atom. The van der Waals surface area contributed by atoms with Crippen LogP contribution in [0.3, 0.4) is 0 Å². The van der Waals surface area contributed by atoms with Crippen molar-refractivity contribution in [1.29, 1.82) is 0 Å². The molecule has 2 aromatic heterocycles. The van der Waals surface area contributed by atoms with Crippen molar-refractivity contribution in [3.63, 3.8) is 0 Å². The normalized spacial score (nSPS) is 11.5. The Balaban J connectivity index is 1.62. The summed E-state index contributed by atoms with van der Waals surface area (Å²) in [5.41, 5.74) is 7.41. The Labute approximate surface area is 232 Å². The highest BCUT2D eigenvalue weighted by atomic mass is 14.6.